The maximum atomic E-state index is 11.3. The number of hydrogen-bond donors (Lipinski definition) is 1. The molecule has 4 nitrogen and oxygen atoms in total. The van der Waals surface area contributed by atoms with E-state index < -0.39 is 5.97 Å². The topological polar surface area (TPSA) is 49.8 Å². The van der Waals surface area contributed by atoms with Crippen LogP contribution in [0.3, 0.4) is 0 Å². The number of hydrogen-bond acceptors (Lipinski definition) is 3. The second-order valence-corrected chi connectivity index (χ2v) is 7.55. The van der Waals surface area contributed by atoms with Gasteiger partial charge in [0.15, 0.2) is 6.10 Å². The largest absolute Gasteiger partial charge is 0.481 e. The molecule has 0 bridgehead atoms. The molecule has 1 unspecified atom stereocenters. The minimum absolute atomic E-state index is 0.119. The fraction of sp³-hybridized carbons (Fsp3) is 0.579. The number of ether oxygens (including phenoxy) is 1. The third-order valence-corrected chi connectivity index (χ3v) is 5.47. The normalized spacial score (nSPS) is 21.5. The van der Waals surface area contributed by atoms with E-state index >= 15 is 0 Å². The molecule has 1 fully saturated rings. The van der Waals surface area contributed by atoms with Crippen LogP contribution in [-0.4, -0.2) is 28.7 Å². The summed E-state index contributed by atoms with van der Waals surface area (Å²) in [5.41, 5.74) is 2.03. The van der Waals surface area contributed by atoms with E-state index in [1.165, 1.54) is 37.7 Å². The molecule has 1 aliphatic heterocycles. The van der Waals surface area contributed by atoms with Crippen molar-refractivity contribution in [3.63, 3.8) is 0 Å². The molecular weight excluding hydrogens is 322 g/mol. The van der Waals surface area contributed by atoms with Crippen LogP contribution in [0.4, 0.5) is 5.69 Å². The van der Waals surface area contributed by atoms with E-state index in [0.717, 1.165) is 11.4 Å². The van der Waals surface area contributed by atoms with Gasteiger partial charge < -0.3 is 14.7 Å². The maximum absolute atomic E-state index is 11.3. The number of para-hydroxylation sites is 1. The van der Waals surface area contributed by atoms with E-state index in [1.54, 1.807) is 4.90 Å². The molecule has 1 aliphatic carbocycles. The van der Waals surface area contributed by atoms with Crippen LogP contribution in [0.5, 0.6) is 5.75 Å². The molecule has 1 aromatic carbocycles. The SMILES string of the molecule is CC(C)C1Oc2c(C3CCCCC3)cccc2N(CC(=O)O)C1=S. The van der Waals surface area contributed by atoms with Gasteiger partial charge in [0.1, 0.15) is 17.3 Å². The predicted molar refractivity (Wildman–Crippen MR) is 99.1 cm³/mol. The molecule has 0 saturated heterocycles. The third kappa shape index (κ3) is 3.27. The first-order valence-electron chi connectivity index (χ1n) is 8.81. The van der Waals surface area contributed by atoms with Crippen molar-refractivity contribution in [1.29, 1.82) is 0 Å². The zero-order valence-corrected chi connectivity index (χ0v) is 15.1. The quantitative estimate of drug-likeness (QED) is 0.820. The summed E-state index contributed by atoms with van der Waals surface area (Å²) in [5, 5.41) is 9.31. The average molecular weight is 347 g/mol. The van der Waals surface area contributed by atoms with E-state index in [2.05, 4.69) is 19.9 Å². The molecule has 0 spiro atoms. The van der Waals surface area contributed by atoms with E-state index in [9.17, 15) is 9.90 Å². The summed E-state index contributed by atoms with van der Waals surface area (Å²) in [6, 6.07) is 6.06. The van der Waals surface area contributed by atoms with Gasteiger partial charge in [-0.25, -0.2) is 0 Å². The van der Waals surface area contributed by atoms with Crippen molar-refractivity contribution in [1.82, 2.24) is 0 Å². The van der Waals surface area contributed by atoms with Crippen molar-refractivity contribution in [2.75, 3.05) is 11.4 Å². The number of thiocarbonyl (C=S) groups is 1. The minimum Gasteiger partial charge on any atom is -0.481 e. The highest BCUT2D eigenvalue weighted by molar-refractivity contribution is 7.80. The van der Waals surface area contributed by atoms with E-state index in [-0.39, 0.29) is 18.6 Å². The molecule has 1 saturated carbocycles. The number of aliphatic carboxylic acids is 1. The van der Waals surface area contributed by atoms with Gasteiger partial charge in [0.25, 0.3) is 0 Å². The van der Waals surface area contributed by atoms with Crippen molar-refractivity contribution in [3.8, 4) is 5.75 Å². The van der Waals surface area contributed by atoms with Gasteiger partial charge in [0.05, 0.1) is 5.69 Å². The summed E-state index contributed by atoms with van der Waals surface area (Å²) < 4.78 is 6.33. The summed E-state index contributed by atoms with van der Waals surface area (Å²) >= 11 is 5.56. The van der Waals surface area contributed by atoms with Gasteiger partial charge in [0, 0.05) is 0 Å². The molecule has 1 heterocycles. The fourth-order valence-corrected chi connectivity index (χ4v) is 4.27. The Morgan fingerprint density at radius 3 is 2.67 bits per heavy atom. The molecule has 1 N–H and O–H groups in total. The van der Waals surface area contributed by atoms with Crippen molar-refractivity contribution in [3.05, 3.63) is 23.8 Å². The van der Waals surface area contributed by atoms with Crippen LogP contribution in [0, 0.1) is 5.92 Å². The number of nitrogens with zero attached hydrogens (tertiary/aromatic N) is 1. The van der Waals surface area contributed by atoms with Gasteiger partial charge >= 0.3 is 5.97 Å². The number of anilines is 1. The highest BCUT2D eigenvalue weighted by atomic mass is 32.1. The lowest BCUT2D eigenvalue weighted by Crippen LogP contribution is -2.49. The molecule has 130 valence electrons. The van der Waals surface area contributed by atoms with Gasteiger partial charge in [-0.1, -0.05) is 57.5 Å². The molecule has 0 aromatic heterocycles. The first-order chi connectivity index (χ1) is 11.5. The molecule has 24 heavy (non-hydrogen) atoms. The standard InChI is InChI=1S/C19H25NO3S/c1-12(2)17-19(24)20(11-16(21)22)15-10-6-9-14(18(15)23-17)13-7-4-3-5-8-13/h6,9-10,12-13,17H,3-5,7-8,11H2,1-2H3,(H,21,22). The van der Waals surface area contributed by atoms with Gasteiger partial charge in [-0.15, -0.1) is 0 Å². The van der Waals surface area contributed by atoms with Crippen molar-refractivity contribution in [2.24, 2.45) is 5.92 Å². The zero-order chi connectivity index (χ0) is 17.3. The van der Waals surface area contributed by atoms with Crippen LogP contribution in [0.1, 0.15) is 57.4 Å². The van der Waals surface area contributed by atoms with Crippen LogP contribution in [0.15, 0.2) is 18.2 Å². The first-order valence-corrected chi connectivity index (χ1v) is 9.22. The summed E-state index contributed by atoms with van der Waals surface area (Å²) in [6.07, 6.45) is 5.90. The van der Waals surface area contributed by atoms with Crippen LogP contribution in [0.25, 0.3) is 0 Å². The monoisotopic (exact) mass is 347 g/mol. The number of carbonyl (C=O) groups is 1. The Morgan fingerprint density at radius 2 is 2.04 bits per heavy atom. The smallest absolute Gasteiger partial charge is 0.323 e. The summed E-state index contributed by atoms with van der Waals surface area (Å²) in [7, 11) is 0. The molecule has 1 atom stereocenters. The number of fused-ring (bicyclic) bond motifs is 1. The van der Waals surface area contributed by atoms with Crippen molar-refractivity contribution >= 4 is 28.9 Å². The predicted octanol–water partition coefficient (Wildman–Crippen LogP) is 4.37. The Balaban J connectivity index is 2.04. The lowest BCUT2D eigenvalue weighted by molar-refractivity contribution is -0.135. The lowest BCUT2D eigenvalue weighted by atomic mass is 9.83. The maximum Gasteiger partial charge on any atom is 0.323 e. The summed E-state index contributed by atoms with van der Waals surface area (Å²) in [4.78, 5) is 13.7. The number of carboxylic acids is 1. The molecule has 3 rings (SSSR count). The number of benzene rings is 1. The Bertz CT molecular complexity index is 637. The molecule has 1 aromatic rings. The van der Waals surface area contributed by atoms with Crippen LogP contribution in [-0.2, 0) is 4.79 Å². The molecule has 0 amide bonds. The van der Waals surface area contributed by atoms with Gasteiger partial charge in [0.2, 0.25) is 0 Å². The third-order valence-electron chi connectivity index (χ3n) is 5.01. The second-order valence-electron chi connectivity index (χ2n) is 7.13. The van der Waals surface area contributed by atoms with Gasteiger partial charge in [-0.3, -0.25) is 4.79 Å². The lowest BCUT2D eigenvalue weighted by Gasteiger charge is -2.39. The highest BCUT2D eigenvalue weighted by Gasteiger charge is 2.36. The van der Waals surface area contributed by atoms with Crippen LogP contribution >= 0.6 is 12.2 Å². The van der Waals surface area contributed by atoms with Gasteiger partial charge in [-0.05, 0) is 36.3 Å². The zero-order valence-electron chi connectivity index (χ0n) is 14.3. The molecular formula is C19H25NO3S. The Kier molecular flexibility index (Phi) is 5.09. The fourth-order valence-electron chi connectivity index (χ4n) is 3.79. The average Bonchev–Trinajstić information content (AvgIpc) is 2.57. The van der Waals surface area contributed by atoms with E-state index in [4.69, 9.17) is 17.0 Å². The Morgan fingerprint density at radius 1 is 1.33 bits per heavy atom. The van der Waals surface area contributed by atoms with E-state index in [1.807, 2.05) is 12.1 Å². The minimum atomic E-state index is -0.879. The molecule has 5 heteroatoms. The van der Waals surface area contributed by atoms with Crippen molar-refractivity contribution < 1.29 is 14.6 Å². The molecule has 2 aliphatic rings. The van der Waals surface area contributed by atoms with E-state index in [0.29, 0.717) is 10.9 Å². The summed E-state index contributed by atoms with van der Waals surface area (Å²) in [6.45, 7) is 4.00. The number of rotatable bonds is 4. The highest BCUT2D eigenvalue weighted by Crippen LogP contribution is 2.45. The number of carboxylic acid groups (broad SMARTS) is 1. The van der Waals surface area contributed by atoms with Gasteiger partial charge in [-0.2, -0.15) is 0 Å². The molecule has 0 radical (unpaired) electrons. The van der Waals surface area contributed by atoms with Crippen LogP contribution in [0.2, 0.25) is 0 Å². The summed E-state index contributed by atoms with van der Waals surface area (Å²) in [5.74, 6) is 0.662. The van der Waals surface area contributed by atoms with Crippen molar-refractivity contribution in [2.45, 2.75) is 58.0 Å². The Labute approximate surface area is 148 Å². The Hall–Kier alpha value is -1.62. The van der Waals surface area contributed by atoms with Crippen LogP contribution < -0.4 is 9.64 Å². The second kappa shape index (κ2) is 7.09. The first kappa shape index (κ1) is 17.2.